The molecular formula is C10H14. The number of hydrogen-bond donors (Lipinski definition) is 0. The summed E-state index contributed by atoms with van der Waals surface area (Å²) in [6.07, 6.45) is 13.3. The molecule has 0 saturated heterocycles. The van der Waals surface area contributed by atoms with Crippen molar-refractivity contribution in [2.24, 2.45) is 0 Å². The Balaban J connectivity index is 4.01. The Hall–Kier alpha value is -0.960. The van der Waals surface area contributed by atoms with Crippen LogP contribution in [0.2, 0.25) is 0 Å². The lowest BCUT2D eigenvalue weighted by molar-refractivity contribution is 0.927. The minimum Gasteiger partial charge on any atom is -0.115 e. The molecule has 0 unspecified atom stereocenters. The van der Waals surface area contributed by atoms with Gasteiger partial charge in [0.2, 0.25) is 0 Å². The predicted octanol–water partition coefficient (Wildman–Crippen LogP) is 2.92. The molecule has 0 saturated carbocycles. The zero-order valence-corrected chi connectivity index (χ0v) is 6.72. The van der Waals surface area contributed by atoms with Gasteiger partial charge in [0.25, 0.3) is 0 Å². The molecule has 0 aromatic carbocycles. The number of terminal acetylenes is 1. The van der Waals surface area contributed by atoms with Gasteiger partial charge in [-0.3, -0.25) is 0 Å². The summed E-state index contributed by atoms with van der Waals surface area (Å²) in [5, 5.41) is 0. The van der Waals surface area contributed by atoms with Crippen molar-refractivity contribution in [3.8, 4) is 12.3 Å². The Bertz CT molecular complexity index is 165. The van der Waals surface area contributed by atoms with Crippen molar-refractivity contribution in [2.75, 3.05) is 0 Å². The van der Waals surface area contributed by atoms with Crippen LogP contribution in [0.3, 0.4) is 0 Å². The first-order valence-corrected chi connectivity index (χ1v) is 3.63. The predicted molar refractivity (Wildman–Crippen MR) is 46.6 cm³/mol. The molecule has 0 aromatic rings. The van der Waals surface area contributed by atoms with E-state index in [-0.39, 0.29) is 0 Å². The molecule has 0 spiro atoms. The Kier molecular flexibility index (Phi) is 5.57. The first-order valence-electron chi connectivity index (χ1n) is 3.63. The lowest BCUT2D eigenvalue weighted by atomic mass is 10.1. The average Bonchev–Trinajstić information content (AvgIpc) is 1.90. The van der Waals surface area contributed by atoms with Gasteiger partial charge in [-0.05, 0) is 25.0 Å². The molecule has 0 heterocycles. The van der Waals surface area contributed by atoms with E-state index in [1.165, 1.54) is 5.57 Å². The fraction of sp³-hybridized carbons (Fsp3) is 0.400. The van der Waals surface area contributed by atoms with Crippen LogP contribution in [0.1, 0.15) is 26.7 Å². The SMILES string of the molecule is C#C/C=C(\C=C/C)CCC. The van der Waals surface area contributed by atoms with E-state index in [9.17, 15) is 0 Å². The Morgan fingerprint density at radius 1 is 1.60 bits per heavy atom. The molecule has 0 radical (unpaired) electrons. The largest absolute Gasteiger partial charge is 0.115 e. The second-order valence-corrected chi connectivity index (χ2v) is 2.14. The van der Waals surface area contributed by atoms with Gasteiger partial charge >= 0.3 is 0 Å². The molecule has 0 rings (SSSR count). The molecule has 0 fully saturated rings. The van der Waals surface area contributed by atoms with Gasteiger partial charge in [0, 0.05) is 0 Å². The van der Waals surface area contributed by atoms with E-state index in [0.717, 1.165) is 12.8 Å². The van der Waals surface area contributed by atoms with Crippen LogP contribution < -0.4 is 0 Å². The molecule has 10 heavy (non-hydrogen) atoms. The lowest BCUT2D eigenvalue weighted by Gasteiger charge is -1.94. The smallest absolute Gasteiger partial charge is 0.00896 e. The second kappa shape index (κ2) is 6.16. The Labute approximate surface area is 63.6 Å². The molecule has 0 heteroatoms. The van der Waals surface area contributed by atoms with Crippen molar-refractivity contribution in [3.05, 3.63) is 23.8 Å². The first kappa shape index (κ1) is 9.04. The summed E-state index contributed by atoms with van der Waals surface area (Å²) in [6.45, 7) is 4.15. The maximum atomic E-state index is 5.13. The summed E-state index contributed by atoms with van der Waals surface area (Å²) in [5.74, 6) is 2.52. The average molecular weight is 134 g/mol. The first-order chi connectivity index (χ1) is 4.85. The van der Waals surface area contributed by atoms with Gasteiger partial charge < -0.3 is 0 Å². The molecular weight excluding hydrogens is 120 g/mol. The molecule has 0 N–H and O–H groups in total. The van der Waals surface area contributed by atoms with Crippen LogP contribution in [0, 0.1) is 12.3 Å². The van der Waals surface area contributed by atoms with E-state index in [0.29, 0.717) is 0 Å². The summed E-state index contributed by atoms with van der Waals surface area (Å²) in [5.41, 5.74) is 1.24. The molecule has 0 amide bonds. The summed E-state index contributed by atoms with van der Waals surface area (Å²) >= 11 is 0. The lowest BCUT2D eigenvalue weighted by Crippen LogP contribution is -1.75. The molecule has 0 bridgehead atoms. The highest BCUT2D eigenvalue weighted by Gasteiger charge is 1.86. The minimum atomic E-state index is 1.08. The third-order valence-electron chi connectivity index (χ3n) is 1.19. The summed E-state index contributed by atoms with van der Waals surface area (Å²) in [7, 11) is 0. The maximum Gasteiger partial charge on any atom is -0.00896 e. The maximum absolute atomic E-state index is 5.13. The van der Waals surface area contributed by atoms with Crippen LogP contribution in [0.15, 0.2) is 23.8 Å². The zero-order valence-electron chi connectivity index (χ0n) is 6.72. The molecule has 0 aliphatic carbocycles. The van der Waals surface area contributed by atoms with Gasteiger partial charge in [-0.2, -0.15) is 0 Å². The van der Waals surface area contributed by atoms with Crippen LogP contribution in [0.4, 0.5) is 0 Å². The highest BCUT2D eigenvalue weighted by atomic mass is 13.9. The normalized spacial score (nSPS) is 11.9. The van der Waals surface area contributed by atoms with Crippen LogP contribution in [0.5, 0.6) is 0 Å². The Morgan fingerprint density at radius 2 is 2.30 bits per heavy atom. The number of allylic oxidation sites excluding steroid dienone is 4. The van der Waals surface area contributed by atoms with Gasteiger partial charge in [-0.1, -0.05) is 31.4 Å². The molecule has 0 aromatic heterocycles. The van der Waals surface area contributed by atoms with Crippen LogP contribution in [-0.2, 0) is 0 Å². The molecule has 0 nitrogen and oxygen atoms in total. The van der Waals surface area contributed by atoms with E-state index in [2.05, 4.69) is 18.9 Å². The third kappa shape index (κ3) is 3.97. The van der Waals surface area contributed by atoms with Crippen molar-refractivity contribution in [3.63, 3.8) is 0 Å². The number of rotatable bonds is 3. The topological polar surface area (TPSA) is 0 Å². The van der Waals surface area contributed by atoms with Crippen molar-refractivity contribution in [2.45, 2.75) is 26.7 Å². The summed E-state index contributed by atoms with van der Waals surface area (Å²) in [6, 6.07) is 0. The quantitative estimate of drug-likeness (QED) is 0.411. The fourth-order valence-corrected chi connectivity index (χ4v) is 0.813. The highest BCUT2D eigenvalue weighted by molar-refractivity contribution is 5.26. The van der Waals surface area contributed by atoms with E-state index in [4.69, 9.17) is 6.42 Å². The van der Waals surface area contributed by atoms with E-state index in [1.807, 2.05) is 19.1 Å². The second-order valence-electron chi connectivity index (χ2n) is 2.14. The fourth-order valence-electron chi connectivity index (χ4n) is 0.813. The molecule has 54 valence electrons. The van der Waals surface area contributed by atoms with Gasteiger partial charge in [-0.15, -0.1) is 6.42 Å². The summed E-state index contributed by atoms with van der Waals surface area (Å²) < 4.78 is 0. The van der Waals surface area contributed by atoms with Gasteiger partial charge in [0.15, 0.2) is 0 Å². The van der Waals surface area contributed by atoms with Crippen LogP contribution in [-0.4, -0.2) is 0 Å². The number of hydrogen-bond acceptors (Lipinski definition) is 0. The Morgan fingerprint density at radius 3 is 2.70 bits per heavy atom. The molecule has 0 atom stereocenters. The van der Waals surface area contributed by atoms with Crippen molar-refractivity contribution >= 4 is 0 Å². The van der Waals surface area contributed by atoms with E-state index in [1.54, 1.807) is 0 Å². The van der Waals surface area contributed by atoms with Gasteiger partial charge in [0.05, 0.1) is 0 Å². The van der Waals surface area contributed by atoms with Gasteiger partial charge in [-0.25, -0.2) is 0 Å². The standard InChI is InChI=1S/C10H14/c1-4-7-10(8-5-2)9-6-3/h1,5,7-8H,6,9H2,2-3H3/b8-5-,10-7+. The van der Waals surface area contributed by atoms with E-state index >= 15 is 0 Å². The van der Waals surface area contributed by atoms with Gasteiger partial charge in [0.1, 0.15) is 0 Å². The third-order valence-corrected chi connectivity index (χ3v) is 1.19. The van der Waals surface area contributed by atoms with Crippen LogP contribution in [0.25, 0.3) is 0 Å². The van der Waals surface area contributed by atoms with Crippen LogP contribution >= 0.6 is 0 Å². The van der Waals surface area contributed by atoms with Crippen molar-refractivity contribution < 1.29 is 0 Å². The zero-order chi connectivity index (χ0) is 7.82. The summed E-state index contributed by atoms with van der Waals surface area (Å²) in [4.78, 5) is 0. The van der Waals surface area contributed by atoms with Crippen molar-refractivity contribution in [1.82, 2.24) is 0 Å². The molecule has 0 aliphatic rings. The molecule has 0 aliphatic heterocycles. The van der Waals surface area contributed by atoms with E-state index < -0.39 is 0 Å². The van der Waals surface area contributed by atoms with Crippen molar-refractivity contribution in [1.29, 1.82) is 0 Å². The monoisotopic (exact) mass is 134 g/mol. The minimum absolute atomic E-state index is 1.08. The highest BCUT2D eigenvalue weighted by Crippen LogP contribution is 2.05.